The smallest absolute Gasteiger partial charge is 0.335 e. The Balaban J connectivity index is 2.05. The summed E-state index contributed by atoms with van der Waals surface area (Å²) in [5.41, 5.74) is 0. The maximum Gasteiger partial charge on any atom is 0.335 e. The van der Waals surface area contributed by atoms with Crippen LogP contribution in [-0.4, -0.2) is 23.8 Å². The van der Waals surface area contributed by atoms with Gasteiger partial charge in [0.05, 0.1) is 11.5 Å². The van der Waals surface area contributed by atoms with Gasteiger partial charge in [0.15, 0.2) is 12.4 Å². The second-order valence-corrected chi connectivity index (χ2v) is 4.40. The van der Waals surface area contributed by atoms with Gasteiger partial charge in [-0.15, -0.1) is 11.3 Å². The maximum absolute atomic E-state index is 10.6. The Kier molecular flexibility index (Phi) is 2.54. The van der Waals surface area contributed by atoms with Crippen LogP contribution in [0.5, 0.6) is 0 Å². The van der Waals surface area contributed by atoms with Crippen molar-refractivity contribution in [2.24, 2.45) is 0 Å². The Bertz CT molecular complexity index is 346. The zero-order chi connectivity index (χ0) is 10.1. The minimum absolute atomic E-state index is 0.122. The quantitative estimate of drug-likeness (QED) is 0.811. The van der Waals surface area contributed by atoms with Crippen LogP contribution in [0.1, 0.15) is 16.0 Å². The Hall–Kier alpha value is -0.910. The number of carboxylic acid groups (broad SMARTS) is 1. The number of ether oxygens (including phenoxy) is 2. The third kappa shape index (κ3) is 1.79. The van der Waals surface area contributed by atoms with Gasteiger partial charge in [-0.2, -0.15) is 0 Å². The molecule has 0 spiro atoms. The van der Waals surface area contributed by atoms with Gasteiger partial charge in [0, 0.05) is 4.88 Å². The highest BCUT2D eigenvalue weighted by Crippen LogP contribution is 2.31. The summed E-state index contributed by atoms with van der Waals surface area (Å²) in [4.78, 5) is 12.7. The maximum atomic E-state index is 10.6. The first-order valence-corrected chi connectivity index (χ1v) is 5.04. The van der Waals surface area contributed by atoms with Crippen LogP contribution in [0.3, 0.4) is 0 Å². The number of hydrogen-bond acceptors (Lipinski definition) is 4. The van der Waals surface area contributed by atoms with E-state index in [1.165, 1.54) is 0 Å². The van der Waals surface area contributed by atoms with Gasteiger partial charge < -0.3 is 14.6 Å². The molecule has 0 radical (unpaired) electrons. The van der Waals surface area contributed by atoms with Gasteiger partial charge in [0.2, 0.25) is 0 Å². The molecule has 1 aromatic heterocycles. The molecule has 2 rings (SSSR count). The number of aryl methyl sites for hydroxylation is 1. The van der Waals surface area contributed by atoms with Gasteiger partial charge in [0.1, 0.15) is 0 Å². The molecule has 2 heterocycles. The Labute approximate surface area is 85.1 Å². The molecule has 0 amide bonds. The predicted octanol–water partition coefficient (Wildman–Crippen LogP) is 1.56. The van der Waals surface area contributed by atoms with E-state index in [4.69, 9.17) is 14.6 Å². The summed E-state index contributed by atoms with van der Waals surface area (Å²) in [6.45, 7) is 2.11. The number of rotatable bonds is 2. The molecule has 0 saturated carbocycles. The average molecular weight is 214 g/mol. The molecule has 0 bridgehead atoms. The van der Waals surface area contributed by atoms with Gasteiger partial charge in [-0.25, -0.2) is 4.79 Å². The van der Waals surface area contributed by atoms with Gasteiger partial charge in [0.25, 0.3) is 0 Å². The number of thiophene rings is 1. The van der Waals surface area contributed by atoms with Crippen molar-refractivity contribution in [1.82, 2.24) is 0 Å². The van der Waals surface area contributed by atoms with E-state index in [-0.39, 0.29) is 6.61 Å². The van der Waals surface area contributed by atoms with Crippen LogP contribution in [0, 0.1) is 6.92 Å². The minimum atomic E-state index is -0.972. The molecule has 14 heavy (non-hydrogen) atoms. The van der Waals surface area contributed by atoms with Crippen LogP contribution in [0.15, 0.2) is 12.1 Å². The molecule has 0 aliphatic carbocycles. The molecule has 76 valence electrons. The second kappa shape index (κ2) is 3.68. The third-order valence-electron chi connectivity index (χ3n) is 1.96. The molecule has 1 aliphatic heterocycles. The monoisotopic (exact) mass is 214 g/mol. The Morgan fingerprint density at radius 2 is 2.43 bits per heavy atom. The highest BCUT2D eigenvalue weighted by molar-refractivity contribution is 7.11. The highest BCUT2D eigenvalue weighted by Gasteiger charge is 2.32. The zero-order valence-corrected chi connectivity index (χ0v) is 8.41. The first-order chi connectivity index (χ1) is 6.66. The van der Waals surface area contributed by atoms with Gasteiger partial charge in [-0.3, -0.25) is 0 Å². The topological polar surface area (TPSA) is 55.8 Å². The molecule has 5 heteroatoms. The fourth-order valence-corrected chi connectivity index (χ4v) is 2.13. The van der Waals surface area contributed by atoms with Crippen molar-refractivity contribution in [3.8, 4) is 0 Å². The first-order valence-electron chi connectivity index (χ1n) is 4.23. The summed E-state index contributed by atoms with van der Waals surface area (Å²) in [5, 5.41) is 8.68. The van der Waals surface area contributed by atoms with Crippen LogP contribution in [0.25, 0.3) is 0 Å². The van der Waals surface area contributed by atoms with Crippen LogP contribution in [0.4, 0.5) is 0 Å². The molecular weight excluding hydrogens is 204 g/mol. The molecule has 1 aromatic rings. The van der Waals surface area contributed by atoms with Crippen LogP contribution >= 0.6 is 11.3 Å². The number of aliphatic carboxylic acids is 1. The molecule has 4 nitrogen and oxygen atoms in total. The molecule has 0 aromatic carbocycles. The minimum Gasteiger partial charge on any atom is -0.479 e. The molecule has 1 fully saturated rings. The van der Waals surface area contributed by atoms with E-state index in [2.05, 4.69) is 0 Å². The highest BCUT2D eigenvalue weighted by atomic mass is 32.1. The SMILES string of the molecule is Cc1ccc(C2OCC(C(=O)O)O2)s1. The van der Waals surface area contributed by atoms with Crippen molar-refractivity contribution >= 4 is 17.3 Å². The van der Waals surface area contributed by atoms with E-state index in [1.807, 2.05) is 19.1 Å². The van der Waals surface area contributed by atoms with E-state index in [1.54, 1.807) is 11.3 Å². The van der Waals surface area contributed by atoms with Crippen molar-refractivity contribution in [2.75, 3.05) is 6.61 Å². The van der Waals surface area contributed by atoms with Crippen molar-refractivity contribution < 1.29 is 19.4 Å². The van der Waals surface area contributed by atoms with Crippen molar-refractivity contribution in [1.29, 1.82) is 0 Å². The lowest BCUT2D eigenvalue weighted by Crippen LogP contribution is -2.21. The third-order valence-corrected chi connectivity index (χ3v) is 2.98. The molecular formula is C9H10O4S. The second-order valence-electron chi connectivity index (χ2n) is 3.08. The predicted molar refractivity (Wildman–Crippen MR) is 50.3 cm³/mol. The van der Waals surface area contributed by atoms with Gasteiger partial charge >= 0.3 is 5.97 Å². The Morgan fingerprint density at radius 3 is 2.93 bits per heavy atom. The summed E-state index contributed by atoms with van der Waals surface area (Å²) >= 11 is 1.56. The summed E-state index contributed by atoms with van der Waals surface area (Å²) in [6.07, 6.45) is -1.34. The fourth-order valence-electron chi connectivity index (χ4n) is 1.26. The van der Waals surface area contributed by atoms with E-state index >= 15 is 0 Å². The lowest BCUT2D eigenvalue weighted by Gasteiger charge is -2.06. The lowest BCUT2D eigenvalue weighted by molar-refractivity contribution is -0.150. The number of carbonyl (C=O) groups is 1. The molecule has 2 unspecified atom stereocenters. The normalized spacial score (nSPS) is 26.6. The zero-order valence-electron chi connectivity index (χ0n) is 7.60. The van der Waals surface area contributed by atoms with Crippen molar-refractivity contribution in [3.05, 3.63) is 21.9 Å². The van der Waals surface area contributed by atoms with E-state index < -0.39 is 18.4 Å². The van der Waals surface area contributed by atoms with Gasteiger partial charge in [-0.1, -0.05) is 0 Å². The summed E-state index contributed by atoms with van der Waals surface area (Å²) in [7, 11) is 0. The molecule has 1 N–H and O–H groups in total. The molecule has 1 aliphatic rings. The van der Waals surface area contributed by atoms with E-state index in [0.29, 0.717) is 0 Å². The summed E-state index contributed by atoms with van der Waals surface area (Å²) in [5.74, 6) is -0.972. The van der Waals surface area contributed by atoms with E-state index in [9.17, 15) is 4.79 Å². The summed E-state index contributed by atoms with van der Waals surface area (Å²) in [6, 6.07) is 3.86. The largest absolute Gasteiger partial charge is 0.479 e. The Morgan fingerprint density at radius 1 is 1.64 bits per heavy atom. The van der Waals surface area contributed by atoms with Gasteiger partial charge in [-0.05, 0) is 19.1 Å². The van der Waals surface area contributed by atoms with Crippen molar-refractivity contribution in [2.45, 2.75) is 19.3 Å². The molecule has 1 saturated heterocycles. The standard InChI is InChI=1S/C9H10O4S/c1-5-2-3-7(14-5)9-12-4-6(13-9)8(10)11/h2-3,6,9H,4H2,1H3,(H,10,11). The van der Waals surface area contributed by atoms with Crippen LogP contribution < -0.4 is 0 Å². The number of hydrogen-bond donors (Lipinski definition) is 1. The lowest BCUT2D eigenvalue weighted by atomic mass is 10.4. The van der Waals surface area contributed by atoms with Crippen LogP contribution in [0.2, 0.25) is 0 Å². The average Bonchev–Trinajstić information content (AvgIpc) is 2.70. The fraction of sp³-hybridized carbons (Fsp3) is 0.444. The summed E-state index contributed by atoms with van der Waals surface area (Å²) < 4.78 is 10.4. The first kappa shape index (κ1) is 9.64. The van der Waals surface area contributed by atoms with Crippen molar-refractivity contribution in [3.63, 3.8) is 0 Å². The van der Waals surface area contributed by atoms with Crippen LogP contribution in [-0.2, 0) is 14.3 Å². The molecule has 2 atom stereocenters. The number of carboxylic acids is 1. The van der Waals surface area contributed by atoms with E-state index in [0.717, 1.165) is 9.75 Å².